The van der Waals surface area contributed by atoms with Gasteiger partial charge in [0.05, 0.1) is 0 Å². The summed E-state index contributed by atoms with van der Waals surface area (Å²) in [6.07, 6.45) is 3.89. The lowest BCUT2D eigenvalue weighted by molar-refractivity contribution is 0.456. The fourth-order valence-electron chi connectivity index (χ4n) is 1.38. The number of aromatic nitrogens is 1. The lowest BCUT2D eigenvalue weighted by Crippen LogP contribution is -2.42. The summed E-state index contributed by atoms with van der Waals surface area (Å²) in [5, 5.41) is 0. The molecule has 0 amide bonds. The monoisotopic (exact) mass is 248 g/mol. The van der Waals surface area contributed by atoms with E-state index in [2.05, 4.69) is 9.71 Å². The van der Waals surface area contributed by atoms with E-state index in [-0.39, 0.29) is 0 Å². The second-order valence-electron chi connectivity index (χ2n) is 3.96. The Morgan fingerprint density at radius 2 is 1.93 bits per heavy atom. The number of hydrogen-bond acceptors (Lipinski definition) is 3. The van der Waals surface area contributed by atoms with Crippen LogP contribution in [0.25, 0.3) is 0 Å². The van der Waals surface area contributed by atoms with E-state index < -0.39 is 14.8 Å². The number of hydrogen-bond donors (Lipinski definition) is 1. The Balaban J connectivity index is 2.73. The van der Waals surface area contributed by atoms with Crippen molar-refractivity contribution in [3.63, 3.8) is 0 Å². The normalized spacial score (nSPS) is 12.7. The number of nitrogens with one attached hydrogen (secondary N) is 1. The Morgan fingerprint density at radius 3 is 2.40 bits per heavy atom. The van der Waals surface area contributed by atoms with Crippen LogP contribution < -0.4 is 4.72 Å². The van der Waals surface area contributed by atoms with Crippen LogP contribution in [-0.4, -0.2) is 18.9 Å². The molecule has 1 heterocycles. The van der Waals surface area contributed by atoms with Crippen LogP contribution in [0.15, 0.2) is 24.5 Å². The molecule has 0 aromatic carbocycles. The van der Waals surface area contributed by atoms with Crippen LogP contribution in [0.5, 0.6) is 0 Å². The van der Waals surface area contributed by atoms with Crippen molar-refractivity contribution < 1.29 is 8.42 Å². The van der Waals surface area contributed by atoms with Crippen molar-refractivity contribution in [1.82, 2.24) is 9.71 Å². The van der Waals surface area contributed by atoms with Gasteiger partial charge in [-0.3, -0.25) is 4.98 Å². The smallest absolute Gasteiger partial charge is 0.265 e. The minimum Gasteiger partial charge on any atom is -0.265 e. The molecular weight excluding hydrogens is 236 g/mol. The first-order valence-electron chi connectivity index (χ1n) is 4.41. The molecule has 0 aliphatic carbocycles. The molecule has 0 saturated carbocycles. The van der Waals surface area contributed by atoms with Gasteiger partial charge < -0.3 is 0 Å². The highest BCUT2D eigenvalue weighted by atomic mass is 35.7. The Hall–Kier alpha value is -0.650. The molecule has 0 aliphatic rings. The summed E-state index contributed by atoms with van der Waals surface area (Å²) in [5.74, 6) is 0. The topological polar surface area (TPSA) is 59.1 Å². The predicted octanol–water partition coefficient (Wildman–Crippen LogP) is 1.48. The Kier molecular flexibility index (Phi) is 3.70. The Labute approximate surface area is 94.2 Å². The molecule has 84 valence electrons. The van der Waals surface area contributed by atoms with Crippen LogP contribution in [-0.2, 0) is 15.7 Å². The van der Waals surface area contributed by atoms with E-state index in [1.54, 1.807) is 26.2 Å². The predicted molar refractivity (Wildman–Crippen MR) is 59.9 cm³/mol. The molecule has 0 radical (unpaired) electrons. The molecule has 0 aliphatic heterocycles. The van der Waals surface area contributed by atoms with Gasteiger partial charge in [0.2, 0.25) is 0 Å². The molecule has 0 bridgehead atoms. The molecule has 0 fully saturated rings. The molecule has 0 spiro atoms. The Morgan fingerprint density at radius 1 is 1.40 bits per heavy atom. The van der Waals surface area contributed by atoms with Gasteiger partial charge in [0, 0.05) is 28.6 Å². The summed E-state index contributed by atoms with van der Waals surface area (Å²) in [7, 11) is 1.44. The van der Waals surface area contributed by atoms with Crippen molar-refractivity contribution >= 4 is 19.9 Å². The van der Waals surface area contributed by atoms with Crippen molar-refractivity contribution in [3.8, 4) is 0 Å². The minimum atomic E-state index is -3.70. The second-order valence-corrected chi connectivity index (χ2v) is 6.25. The van der Waals surface area contributed by atoms with E-state index in [4.69, 9.17) is 10.7 Å². The van der Waals surface area contributed by atoms with E-state index in [1.807, 2.05) is 12.1 Å². The zero-order chi connectivity index (χ0) is 11.5. The molecule has 15 heavy (non-hydrogen) atoms. The summed E-state index contributed by atoms with van der Waals surface area (Å²) in [6.45, 7) is 3.54. The van der Waals surface area contributed by atoms with Crippen LogP contribution in [0.4, 0.5) is 0 Å². The number of halogens is 1. The Bertz CT molecular complexity index is 417. The van der Waals surface area contributed by atoms with Crippen molar-refractivity contribution in [2.45, 2.75) is 25.8 Å². The van der Waals surface area contributed by atoms with Gasteiger partial charge in [-0.2, -0.15) is 13.1 Å². The standard InChI is InChI=1S/C9H13ClN2O2S/c1-9(2,12-15(10,13)14)7-8-3-5-11-6-4-8/h3-6,12H,7H2,1-2H3. The number of nitrogens with zero attached hydrogens (tertiary/aromatic N) is 1. The maximum Gasteiger partial charge on any atom is 0.297 e. The lowest BCUT2D eigenvalue weighted by atomic mass is 9.97. The summed E-state index contributed by atoms with van der Waals surface area (Å²) < 4.78 is 24.1. The summed E-state index contributed by atoms with van der Waals surface area (Å²) in [6, 6.07) is 3.68. The quantitative estimate of drug-likeness (QED) is 0.821. The fourth-order valence-corrected chi connectivity index (χ4v) is 2.74. The number of rotatable bonds is 4. The highest BCUT2D eigenvalue weighted by molar-refractivity contribution is 8.12. The molecule has 0 unspecified atom stereocenters. The lowest BCUT2D eigenvalue weighted by Gasteiger charge is -2.24. The second kappa shape index (κ2) is 4.47. The minimum absolute atomic E-state index is 0.557. The fraction of sp³-hybridized carbons (Fsp3) is 0.444. The first kappa shape index (κ1) is 12.4. The van der Waals surface area contributed by atoms with Crippen LogP contribution in [0.1, 0.15) is 19.4 Å². The zero-order valence-corrected chi connectivity index (χ0v) is 10.1. The molecule has 1 rings (SSSR count). The maximum absolute atomic E-state index is 10.9. The van der Waals surface area contributed by atoms with E-state index >= 15 is 0 Å². The molecule has 0 saturated heterocycles. The van der Waals surface area contributed by atoms with Crippen LogP contribution >= 0.6 is 10.7 Å². The first-order chi connectivity index (χ1) is 6.79. The van der Waals surface area contributed by atoms with E-state index in [9.17, 15) is 8.42 Å². The average molecular weight is 249 g/mol. The van der Waals surface area contributed by atoms with Crippen molar-refractivity contribution in [1.29, 1.82) is 0 Å². The summed E-state index contributed by atoms with van der Waals surface area (Å²) in [5.41, 5.74) is 0.393. The molecule has 6 heteroatoms. The van der Waals surface area contributed by atoms with E-state index in [1.165, 1.54) is 0 Å². The largest absolute Gasteiger partial charge is 0.297 e. The molecule has 1 aromatic heterocycles. The van der Waals surface area contributed by atoms with Crippen molar-refractivity contribution in [3.05, 3.63) is 30.1 Å². The highest BCUT2D eigenvalue weighted by Gasteiger charge is 2.23. The molecule has 0 atom stereocenters. The van der Waals surface area contributed by atoms with Crippen LogP contribution in [0, 0.1) is 0 Å². The van der Waals surface area contributed by atoms with E-state index in [0.29, 0.717) is 6.42 Å². The third-order valence-electron chi connectivity index (χ3n) is 1.79. The maximum atomic E-state index is 10.9. The van der Waals surface area contributed by atoms with Gasteiger partial charge in [-0.05, 0) is 38.0 Å². The van der Waals surface area contributed by atoms with Gasteiger partial charge in [-0.25, -0.2) is 0 Å². The first-order valence-corrected chi connectivity index (χ1v) is 6.72. The molecule has 1 aromatic rings. The van der Waals surface area contributed by atoms with Gasteiger partial charge >= 0.3 is 0 Å². The SMILES string of the molecule is CC(C)(Cc1ccncc1)NS(=O)(=O)Cl. The average Bonchev–Trinajstić information content (AvgIpc) is 1.99. The summed E-state index contributed by atoms with van der Waals surface area (Å²) in [4.78, 5) is 3.89. The summed E-state index contributed by atoms with van der Waals surface area (Å²) >= 11 is 0. The van der Waals surface area contributed by atoms with Gasteiger partial charge in [0.15, 0.2) is 0 Å². The zero-order valence-electron chi connectivity index (χ0n) is 8.57. The van der Waals surface area contributed by atoms with Crippen molar-refractivity contribution in [2.24, 2.45) is 0 Å². The van der Waals surface area contributed by atoms with Gasteiger partial charge in [-0.15, -0.1) is 0 Å². The van der Waals surface area contributed by atoms with E-state index in [0.717, 1.165) is 5.56 Å². The third kappa shape index (κ3) is 5.11. The van der Waals surface area contributed by atoms with Gasteiger partial charge in [-0.1, -0.05) is 0 Å². The molecular formula is C9H13ClN2O2S. The van der Waals surface area contributed by atoms with Crippen LogP contribution in [0.3, 0.4) is 0 Å². The third-order valence-corrected chi connectivity index (χ3v) is 2.82. The van der Waals surface area contributed by atoms with Crippen LogP contribution in [0.2, 0.25) is 0 Å². The number of pyridine rings is 1. The van der Waals surface area contributed by atoms with Gasteiger partial charge in [0.25, 0.3) is 9.24 Å². The van der Waals surface area contributed by atoms with Gasteiger partial charge in [0.1, 0.15) is 0 Å². The van der Waals surface area contributed by atoms with Crippen molar-refractivity contribution in [2.75, 3.05) is 0 Å². The highest BCUT2D eigenvalue weighted by Crippen LogP contribution is 2.14. The molecule has 1 N–H and O–H groups in total. The molecule has 4 nitrogen and oxygen atoms in total.